The van der Waals surface area contributed by atoms with Gasteiger partial charge in [0.1, 0.15) is 0 Å². The van der Waals surface area contributed by atoms with Crippen LogP contribution in [0.1, 0.15) is 30.9 Å². The Bertz CT molecular complexity index is 300. The Kier molecular flexibility index (Phi) is 5.35. The van der Waals surface area contributed by atoms with Crippen molar-refractivity contribution in [3.63, 3.8) is 0 Å². The van der Waals surface area contributed by atoms with Crippen molar-refractivity contribution in [2.45, 2.75) is 32.4 Å². The summed E-state index contributed by atoms with van der Waals surface area (Å²) in [5, 5.41) is 11.9. The van der Waals surface area contributed by atoms with Gasteiger partial charge in [-0.25, -0.2) is 8.78 Å². The van der Waals surface area contributed by atoms with Crippen molar-refractivity contribution >= 4 is 0 Å². The molecule has 0 saturated carbocycles. The van der Waals surface area contributed by atoms with E-state index in [0.29, 0.717) is 13.0 Å². The molecule has 16 heavy (non-hydrogen) atoms. The number of halogens is 2. The predicted octanol–water partition coefficient (Wildman–Crippen LogP) is 2.48. The molecule has 0 aliphatic rings. The third kappa shape index (κ3) is 4.24. The van der Waals surface area contributed by atoms with Crippen molar-refractivity contribution in [1.29, 1.82) is 0 Å². The number of alkyl halides is 2. The van der Waals surface area contributed by atoms with Crippen LogP contribution in [0.5, 0.6) is 0 Å². The molecule has 0 spiro atoms. The summed E-state index contributed by atoms with van der Waals surface area (Å²) in [6.45, 7) is 2.76. The van der Waals surface area contributed by atoms with E-state index in [2.05, 4.69) is 5.32 Å². The summed E-state index contributed by atoms with van der Waals surface area (Å²) in [6, 6.07) is 6.50. The molecule has 0 aromatic heterocycles. The summed E-state index contributed by atoms with van der Waals surface area (Å²) in [7, 11) is 0. The van der Waals surface area contributed by atoms with Crippen LogP contribution in [0.15, 0.2) is 24.3 Å². The predicted molar refractivity (Wildman–Crippen MR) is 59.4 cm³/mol. The fourth-order valence-corrected chi connectivity index (χ4v) is 1.37. The molecule has 0 aliphatic heterocycles. The largest absolute Gasteiger partial charge is 0.396 e. The molecule has 1 atom stereocenters. The van der Waals surface area contributed by atoms with Gasteiger partial charge in [-0.3, -0.25) is 0 Å². The average Bonchev–Trinajstić information content (AvgIpc) is 2.27. The zero-order valence-electron chi connectivity index (χ0n) is 9.29. The molecule has 2 nitrogen and oxygen atoms in total. The monoisotopic (exact) mass is 229 g/mol. The number of rotatable bonds is 6. The van der Waals surface area contributed by atoms with Crippen LogP contribution in [0.4, 0.5) is 8.78 Å². The van der Waals surface area contributed by atoms with Gasteiger partial charge >= 0.3 is 0 Å². The zero-order valence-corrected chi connectivity index (χ0v) is 9.29. The molecule has 90 valence electrons. The van der Waals surface area contributed by atoms with Gasteiger partial charge < -0.3 is 10.4 Å². The standard InChI is InChI=1S/C12H17F2NO/c1-9(6-7-16)15-8-10-2-4-11(5-3-10)12(13)14/h2-5,9,12,15-16H,6-8H2,1H3. The molecular weight excluding hydrogens is 212 g/mol. The lowest BCUT2D eigenvalue weighted by atomic mass is 10.1. The Morgan fingerprint density at radius 2 is 1.88 bits per heavy atom. The summed E-state index contributed by atoms with van der Waals surface area (Å²) in [5.41, 5.74) is 1.02. The number of aliphatic hydroxyl groups is 1. The highest BCUT2D eigenvalue weighted by Gasteiger charge is 2.06. The number of aliphatic hydroxyl groups excluding tert-OH is 1. The first-order chi connectivity index (χ1) is 7.63. The van der Waals surface area contributed by atoms with Crippen LogP contribution in [-0.4, -0.2) is 17.8 Å². The molecule has 4 heteroatoms. The molecule has 0 saturated heterocycles. The lowest BCUT2D eigenvalue weighted by Crippen LogP contribution is -2.26. The second kappa shape index (κ2) is 6.55. The van der Waals surface area contributed by atoms with Crippen LogP contribution in [0.2, 0.25) is 0 Å². The third-order valence-electron chi connectivity index (χ3n) is 2.45. The minimum absolute atomic E-state index is 0.0483. The van der Waals surface area contributed by atoms with Crippen LogP contribution in [0.3, 0.4) is 0 Å². The van der Waals surface area contributed by atoms with Crippen molar-refractivity contribution in [1.82, 2.24) is 5.32 Å². The molecule has 1 unspecified atom stereocenters. The van der Waals surface area contributed by atoms with E-state index in [1.807, 2.05) is 6.92 Å². The maximum atomic E-state index is 12.3. The Morgan fingerprint density at radius 3 is 2.38 bits per heavy atom. The second-order valence-corrected chi connectivity index (χ2v) is 3.84. The van der Waals surface area contributed by atoms with Crippen molar-refractivity contribution in [2.24, 2.45) is 0 Å². The first-order valence-corrected chi connectivity index (χ1v) is 5.34. The molecule has 0 fully saturated rings. The first kappa shape index (κ1) is 13.1. The summed E-state index contributed by atoms with van der Waals surface area (Å²) in [6.07, 6.45) is -1.72. The van der Waals surface area contributed by atoms with E-state index in [4.69, 9.17) is 5.11 Å². The van der Waals surface area contributed by atoms with Crippen LogP contribution in [0, 0.1) is 0 Å². The molecule has 1 aromatic carbocycles. The molecular formula is C12H17F2NO. The van der Waals surface area contributed by atoms with Crippen LogP contribution in [-0.2, 0) is 6.54 Å². The highest BCUT2D eigenvalue weighted by atomic mass is 19.3. The van der Waals surface area contributed by atoms with E-state index in [9.17, 15) is 8.78 Å². The van der Waals surface area contributed by atoms with Gasteiger partial charge in [0.2, 0.25) is 0 Å². The number of nitrogens with one attached hydrogen (secondary N) is 1. The van der Waals surface area contributed by atoms with Gasteiger partial charge in [-0.15, -0.1) is 0 Å². The third-order valence-corrected chi connectivity index (χ3v) is 2.45. The Balaban J connectivity index is 2.43. The quantitative estimate of drug-likeness (QED) is 0.785. The molecule has 1 rings (SSSR count). The van der Waals surface area contributed by atoms with Gasteiger partial charge in [-0.1, -0.05) is 24.3 Å². The van der Waals surface area contributed by atoms with Gasteiger partial charge in [0.15, 0.2) is 0 Å². The van der Waals surface area contributed by atoms with Crippen molar-refractivity contribution in [3.05, 3.63) is 35.4 Å². The molecule has 0 aliphatic carbocycles. The van der Waals surface area contributed by atoms with Crippen molar-refractivity contribution in [2.75, 3.05) is 6.61 Å². The van der Waals surface area contributed by atoms with Gasteiger partial charge in [0.25, 0.3) is 6.43 Å². The zero-order chi connectivity index (χ0) is 12.0. The van der Waals surface area contributed by atoms with Gasteiger partial charge in [-0.05, 0) is 18.9 Å². The van der Waals surface area contributed by atoms with E-state index >= 15 is 0 Å². The van der Waals surface area contributed by atoms with Gasteiger partial charge in [0.05, 0.1) is 0 Å². The van der Waals surface area contributed by atoms with Gasteiger partial charge in [0, 0.05) is 24.8 Å². The van der Waals surface area contributed by atoms with Crippen molar-refractivity contribution in [3.8, 4) is 0 Å². The summed E-state index contributed by atoms with van der Waals surface area (Å²) in [5.74, 6) is 0. The minimum Gasteiger partial charge on any atom is -0.396 e. The molecule has 0 amide bonds. The normalized spacial score (nSPS) is 13.1. The highest BCUT2D eigenvalue weighted by molar-refractivity contribution is 5.23. The van der Waals surface area contributed by atoms with E-state index in [-0.39, 0.29) is 18.2 Å². The first-order valence-electron chi connectivity index (χ1n) is 5.34. The number of hydrogen-bond acceptors (Lipinski definition) is 2. The van der Waals surface area contributed by atoms with Crippen LogP contribution < -0.4 is 5.32 Å². The molecule has 1 aromatic rings. The summed E-state index contributed by atoms with van der Waals surface area (Å²) >= 11 is 0. The maximum absolute atomic E-state index is 12.3. The lowest BCUT2D eigenvalue weighted by molar-refractivity contribution is 0.151. The van der Waals surface area contributed by atoms with Crippen LogP contribution in [0.25, 0.3) is 0 Å². The Labute approximate surface area is 94.3 Å². The fourth-order valence-electron chi connectivity index (χ4n) is 1.37. The minimum atomic E-state index is -2.41. The van der Waals surface area contributed by atoms with E-state index in [0.717, 1.165) is 5.56 Å². The smallest absolute Gasteiger partial charge is 0.263 e. The molecule has 0 bridgehead atoms. The summed E-state index contributed by atoms with van der Waals surface area (Å²) < 4.78 is 24.5. The Morgan fingerprint density at radius 1 is 1.25 bits per heavy atom. The SMILES string of the molecule is CC(CCO)NCc1ccc(C(F)F)cc1. The second-order valence-electron chi connectivity index (χ2n) is 3.84. The summed E-state index contributed by atoms with van der Waals surface area (Å²) in [4.78, 5) is 0. The Hall–Kier alpha value is -1.00. The van der Waals surface area contributed by atoms with Crippen LogP contribution >= 0.6 is 0 Å². The average molecular weight is 229 g/mol. The van der Waals surface area contributed by atoms with E-state index < -0.39 is 6.43 Å². The topological polar surface area (TPSA) is 32.3 Å². The van der Waals surface area contributed by atoms with E-state index in [1.54, 1.807) is 12.1 Å². The van der Waals surface area contributed by atoms with Crippen molar-refractivity contribution < 1.29 is 13.9 Å². The fraction of sp³-hybridized carbons (Fsp3) is 0.500. The molecule has 0 heterocycles. The molecule has 2 N–H and O–H groups in total. The van der Waals surface area contributed by atoms with Gasteiger partial charge in [-0.2, -0.15) is 0 Å². The number of benzene rings is 1. The lowest BCUT2D eigenvalue weighted by Gasteiger charge is -2.12. The molecule has 0 radical (unpaired) electrons. The van der Waals surface area contributed by atoms with E-state index in [1.165, 1.54) is 12.1 Å². The highest BCUT2D eigenvalue weighted by Crippen LogP contribution is 2.18. The number of hydrogen-bond donors (Lipinski definition) is 2. The maximum Gasteiger partial charge on any atom is 0.263 e.